The van der Waals surface area contributed by atoms with Crippen LogP contribution in [-0.2, 0) is 9.53 Å². The molecule has 0 N–H and O–H groups in total. The number of hydrogen-bond donors (Lipinski definition) is 0. The first-order valence-electron chi connectivity index (χ1n) is 6.68. The minimum atomic E-state index is 0.248. The van der Waals surface area contributed by atoms with Crippen molar-refractivity contribution in [3.63, 3.8) is 0 Å². The van der Waals surface area contributed by atoms with Crippen LogP contribution in [0, 0.1) is 11.8 Å². The number of Topliss-reactive ketones (excluding diaryl/α,β-unsaturated/α-hetero) is 1. The van der Waals surface area contributed by atoms with Gasteiger partial charge in [0.25, 0.3) is 0 Å². The third-order valence-electron chi connectivity index (χ3n) is 3.86. The Bertz CT molecular complexity index is 272. The van der Waals surface area contributed by atoms with Crippen LogP contribution in [0.1, 0.15) is 51.9 Å². The Hall–Kier alpha value is -0.790. The number of carbonyl (C=O) groups excluding carboxylic acids is 1. The summed E-state index contributed by atoms with van der Waals surface area (Å²) in [6, 6.07) is 0. The molecule has 2 rings (SSSR count). The van der Waals surface area contributed by atoms with Crippen LogP contribution in [0.15, 0.2) is 11.8 Å². The topological polar surface area (TPSA) is 26.3 Å². The molecular formula is C14H22O2. The summed E-state index contributed by atoms with van der Waals surface area (Å²) >= 11 is 0. The van der Waals surface area contributed by atoms with Crippen molar-refractivity contribution in [1.29, 1.82) is 0 Å². The molecule has 0 aromatic heterocycles. The molecule has 16 heavy (non-hydrogen) atoms. The van der Waals surface area contributed by atoms with Crippen molar-refractivity contribution in [2.75, 3.05) is 6.61 Å². The molecule has 1 fully saturated rings. The van der Waals surface area contributed by atoms with Crippen LogP contribution in [0.3, 0.4) is 0 Å². The lowest BCUT2D eigenvalue weighted by Gasteiger charge is -2.27. The molecule has 0 aromatic carbocycles. The minimum absolute atomic E-state index is 0.248. The Morgan fingerprint density at radius 3 is 2.69 bits per heavy atom. The molecule has 0 atom stereocenters. The van der Waals surface area contributed by atoms with Crippen molar-refractivity contribution in [2.45, 2.75) is 51.9 Å². The highest BCUT2D eigenvalue weighted by atomic mass is 16.5. The van der Waals surface area contributed by atoms with E-state index in [-0.39, 0.29) is 11.7 Å². The Labute approximate surface area is 98.1 Å². The second kappa shape index (κ2) is 5.51. The van der Waals surface area contributed by atoms with Crippen LogP contribution in [-0.4, -0.2) is 12.4 Å². The van der Waals surface area contributed by atoms with Gasteiger partial charge in [0, 0.05) is 12.3 Å². The highest BCUT2D eigenvalue weighted by molar-refractivity contribution is 5.95. The highest BCUT2D eigenvalue weighted by Crippen LogP contribution is 2.33. The van der Waals surface area contributed by atoms with E-state index in [1.807, 2.05) is 6.08 Å². The highest BCUT2D eigenvalue weighted by Gasteiger charge is 2.29. The van der Waals surface area contributed by atoms with Crippen LogP contribution >= 0.6 is 0 Å². The van der Waals surface area contributed by atoms with E-state index >= 15 is 0 Å². The molecule has 1 aliphatic carbocycles. The van der Waals surface area contributed by atoms with Gasteiger partial charge < -0.3 is 4.74 Å². The standard InChI is InChI=1S/C14H22O2/c1-2-4-11-6-8-12(9-7-11)14(15)13-5-3-10-16-13/h5,11-12H,2-4,6-10H2,1H3. The quantitative estimate of drug-likeness (QED) is 0.728. The van der Waals surface area contributed by atoms with Crippen molar-refractivity contribution < 1.29 is 9.53 Å². The molecule has 0 unspecified atom stereocenters. The molecule has 1 heterocycles. The van der Waals surface area contributed by atoms with E-state index in [0.717, 1.165) is 25.2 Å². The van der Waals surface area contributed by atoms with Crippen molar-refractivity contribution in [2.24, 2.45) is 11.8 Å². The third kappa shape index (κ3) is 2.66. The molecule has 1 saturated carbocycles. The molecule has 0 aromatic rings. The largest absolute Gasteiger partial charge is 0.490 e. The molecule has 1 aliphatic heterocycles. The lowest BCUT2D eigenvalue weighted by Crippen LogP contribution is -2.23. The van der Waals surface area contributed by atoms with E-state index in [9.17, 15) is 4.79 Å². The minimum Gasteiger partial charge on any atom is -0.490 e. The third-order valence-corrected chi connectivity index (χ3v) is 3.86. The van der Waals surface area contributed by atoms with Crippen molar-refractivity contribution >= 4 is 5.78 Å². The fourth-order valence-electron chi connectivity index (χ4n) is 2.91. The van der Waals surface area contributed by atoms with Gasteiger partial charge in [0.1, 0.15) is 0 Å². The number of rotatable bonds is 4. The second-order valence-corrected chi connectivity index (χ2v) is 5.08. The maximum atomic E-state index is 12.1. The Balaban J connectivity index is 1.82. The first-order chi connectivity index (χ1) is 7.81. The van der Waals surface area contributed by atoms with Crippen molar-refractivity contribution in [1.82, 2.24) is 0 Å². The lowest BCUT2D eigenvalue weighted by molar-refractivity contribution is -0.123. The fraction of sp³-hybridized carbons (Fsp3) is 0.786. The average molecular weight is 222 g/mol. The molecule has 2 heteroatoms. The summed E-state index contributed by atoms with van der Waals surface area (Å²) in [5, 5.41) is 0. The van der Waals surface area contributed by atoms with Gasteiger partial charge in [-0.25, -0.2) is 0 Å². The lowest BCUT2D eigenvalue weighted by atomic mass is 9.78. The molecule has 0 bridgehead atoms. The molecule has 2 aliphatic rings. The van der Waals surface area contributed by atoms with Crippen molar-refractivity contribution in [3.8, 4) is 0 Å². The SMILES string of the molecule is CCCC1CCC(C(=O)C2=CCCO2)CC1. The van der Waals surface area contributed by atoms with Crippen LogP contribution in [0.5, 0.6) is 0 Å². The fourth-order valence-corrected chi connectivity index (χ4v) is 2.91. The normalized spacial score (nSPS) is 29.7. The first-order valence-corrected chi connectivity index (χ1v) is 6.68. The summed E-state index contributed by atoms with van der Waals surface area (Å²) in [6.07, 6.45) is 10.1. The van der Waals surface area contributed by atoms with Gasteiger partial charge >= 0.3 is 0 Å². The maximum Gasteiger partial charge on any atom is 0.200 e. The zero-order valence-electron chi connectivity index (χ0n) is 10.2. The molecule has 0 amide bonds. The molecule has 0 radical (unpaired) electrons. The number of ketones is 1. The monoisotopic (exact) mass is 222 g/mol. The van der Waals surface area contributed by atoms with Gasteiger partial charge in [0.05, 0.1) is 6.61 Å². The van der Waals surface area contributed by atoms with Gasteiger partial charge in [-0.15, -0.1) is 0 Å². The molecule has 90 valence electrons. The molecule has 0 spiro atoms. The Kier molecular flexibility index (Phi) is 4.03. The van der Waals surface area contributed by atoms with E-state index in [2.05, 4.69) is 6.92 Å². The first kappa shape index (κ1) is 11.7. The number of allylic oxidation sites excluding steroid dienone is 1. The summed E-state index contributed by atoms with van der Waals surface area (Å²) in [5.74, 6) is 2.04. The predicted molar refractivity (Wildman–Crippen MR) is 64.0 cm³/mol. The number of ether oxygens (including phenoxy) is 1. The van der Waals surface area contributed by atoms with E-state index in [0.29, 0.717) is 12.4 Å². The molecule has 0 saturated heterocycles. The Morgan fingerprint density at radius 2 is 2.12 bits per heavy atom. The van der Waals surface area contributed by atoms with Gasteiger partial charge in [-0.2, -0.15) is 0 Å². The van der Waals surface area contributed by atoms with Crippen LogP contribution in [0.2, 0.25) is 0 Å². The summed E-state index contributed by atoms with van der Waals surface area (Å²) in [7, 11) is 0. The zero-order valence-corrected chi connectivity index (χ0v) is 10.2. The number of hydrogen-bond acceptors (Lipinski definition) is 2. The molecular weight excluding hydrogens is 200 g/mol. The van der Waals surface area contributed by atoms with Gasteiger partial charge in [-0.05, 0) is 37.7 Å². The average Bonchev–Trinajstić information content (AvgIpc) is 2.83. The second-order valence-electron chi connectivity index (χ2n) is 5.08. The van der Waals surface area contributed by atoms with Gasteiger partial charge in [-0.1, -0.05) is 19.8 Å². The van der Waals surface area contributed by atoms with E-state index in [1.54, 1.807) is 0 Å². The van der Waals surface area contributed by atoms with Crippen LogP contribution < -0.4 is 0 Å². The van der Waals surface area contributed by atoms with Crippen LogP contribution in [0.25, 0.3) is 0 Å². The van der Waals surface area contributed by atoms with E-state index in [1.165, 1.54) is 25.7 Å². The van der Waals surface area contributed by atoms with Crippen molar-refractivity contribution in [3.05, 3.63) is 11.8 Å². The summed E-state index contributed by atoms with van der Waals surface area (Å²) in [4.78, 5) is 12.1. The zero-order chi connectivity index (χ0) is 11.4. The Morgan fingerprint density at radius 1 is 1.38 bits per heavy atom. The van der Waals surface area contributed by atoms with Gasteiger partial charge in [0.2, 0.25) is 0 Å². The van der Waals surface area contributed by atoms with Gasteiger partial charge in [-0.3, -0.25) is 4.79 Å². The number of carbonyl (C=O) groups is 1. The smallest absolute Gasteiger partial charge is 0.200 e. The molecule has 2 nitrogen and oxygen atoms in total. The summed E-state index contributed by atoms with van der Waals surface area (Å²) in [5.41, 5.74) is 0. The predicted octanol–water partition coefficient (Wildman–Crippen LogP) is 3.47. The summed E-state index contributed by atoms with van der Waals surface area (Å²) in [6.45, 7) is 2.95. The van der Waals surface area contributed by atoms with E-state index in [4.69, 9.17) is 4.74 Å². The van der Waals surface area contributed by atoms with E-state index < -0.39 is 0 Å². The summed E-state index contributed by atoms with van der Waals surface area (Å²) < 4.78 is 5.35. The maximum absolute atomic E-state index is 12.1. The van der Waals surface area contributed by atoms with Crippen LogP contribution in [0.4, 0.5) is 0 Å². The van der Waals surface area contributed by atoms with Gasteiger partial charge in [0.15, 0.2) is 11.5 Å².